The molecule has 84 valence electrons. The third-order valence-corrected chi connectivity index (χ3v) is 2.60. The third-order valence-electron chi connectivity index (χ3n) is 2.60. The average Bonchev–Trinajstić information content (AvgIpc) is 2.51. The summed E-state index contributed by atoms with van der Waals surface area (Å²) in [7, 11) is 0. The lowest BCUT2D eigenvalue weighted by atomic mass is 9.97. The van der Waals surface area contributed by atoms with Crippen LogP contribution in [-0.2, 0) is 4.79 Å². The third kappa shape index (κ3) is 3.44. The van der Waals surface area contributed by atoms with Gasteiger partial charge in [0.05, 0.1) is 5.92 Å². The largest absolute Gasteiger partial charge is 0.352 e. The minimum absolute atomic E-state index is 0. The van der Waals surface area contributed by atoms with Gasteiger partial charge in [0.1, 0.15) is 0 Å². The quantitative estimate of drug-likeness (QED) is 0.615. The molecule has 0 bridgehead atoms. The molecule has 0 aromatic carbocycles. The van der Waals surface area contributed by atoms with Gasteiger partial charge < -0.3 is 16.4 Å². The molecule has 0 spiro atoms. The zero-order valence-corrected chi connectivity index (χ0v) is 9.56. The second kappa shape index (κ2) is 6.22. The van der Waals surface area contributed by atoms with E-state index in [2.05, 4.69) is 17.6 Å². The average molecular weight is 222 g/mol. The van der Waals surface area contributed by atoms with Crippen molar-refractivity contribution in [1.82, 2.24) is 10.6 Å². The SMILES string of the molecule is CC1CNCC1C(=O)N[C@@H](C)CN.Cl. The van der Waals surface area contributed by atoms with Crippen LogP contribution in [0.1, 0.15) is 13.8 Å². The molecule has 1 aliphatic rings. The van der Waals surface area contributed by atoms with E-state index in [9.17, 15) is 4.79 Å². The van der Waals surface area contributed by atoms with Crippen molar-refractivity contribution in [2.45, 2.75) is 19.9 Å². The molecule has 0 aromatic rings. The molecule has 1 amide bonds. The van der Waals surface area contributed by atoms with Gasteiger partial charge in [0.2, 0.25) is 5.91 Å². The first-order valence-electron chi connectivity index (χ1n) is 4.86. The van der Waals surface area contributed by atoms with E-state index in [1.165, 1.54) is 0 Å². The molecule has 1 rings (SSSR count). The number of carbonyl (C=O) groups is 1. The Morgan fingerprint density at radius 2 is 2.29 bits per heavy atom. The lowest BCUT2D eigenvalue weighted by Crippen LogP contribution is -2.42. The standard InChI is InChI=1S/C9H19N3O.ClH/c1-6-4-11-5-8(6)9(13)12-7(2)3-10;/h6-8,11H,3-5,10H2,1-2H3,(H,12,13);1H/t6?,7-,8?;/m0./s1. The molecule has 2 unspecified atom stereocenters. The lowest BCUT2D eigenvalue weighted by molar-refractivity contribution is -0.125. The first kappa shape index (κ1) is 13.7. The van der Waals surface area contributed by atoms with Gasteiger partial charge in [-0.15, -0.1) is 12.4 Å². The molecule has 5 heteroatoms. The number of rotatable bonds is 3. The Morgan fingerprint density at radius 1 is 1.64 bits per heavy atom. The molecule has 0 saturated carbocycles. The maximum absolute atomic E-state index is 11.6. The van der Waals surface area contributed by atoms with Crippen molar-refractivity contribution in [3.05, 3.63) is 0 Å². The summed E-state index contributed by atoms with van der Waals surface area (Å²) in [4.78, 5) is 11.6. The van der Waals surface area contributed by atoms with Crippen molar-refractivity contribution < 1.29 is 4.79 Å². The zero-order chi connectivity index (χ0) is 9.84. The number of nitrogens with one attached hydrogen (secondary N) is 2. The van der Waals surface area contributed by atoms with E-state index in [1.807, 2.05) is 6.92 Å². The van der Waals surface area contributed by atoms with Crippen LogP contribution in [0.2, 0.25) is 0 Å². The number of amides is 1. The second-order valence-electron chi connectivity index (χ2n) is 3.89. The van der Waals surface area contributed by atoms with Gasteiger partial charge in [-0.1, -0.05) is 6.92 Å². The Balaban J connectivity index is 0.00000169. The van der Waals surface area contributed by atoms with Crippen LogP contribution in [0.4, 0.5) is 0 Å². The van der Waals surface area contributed by atoms with Crippen LogP contribution < -0.4 is 16.4 Å². The fourth-order valence-electron chi connectivity index (χ4n) is 1.57. The molecule has 0 aromatic heterocycles. The van der Waals surface area contributed by atoms with Gasteiger partial charge in [0.15, 0.2) is 0 Å². The smallest absolute Gasteiger partial charge is 0.224 e. The van der Waals surface area contributed by atoms with E-state index in [4.69, 9.17) is 5.73 Å². The summed E-state index contributed by atoms with van der Waals surface area (Å²) in [5, 5.41) is 6.10. The molecule has 1 saturated heterocycles. The molecule has 4 nitrogen and oxygen atoms in total. The van der Waals surface area contributed by atoms with Gasteiger partial charge >= 0.3 is 0 Å². The summed E-state index contributed by atoms with van der Waals surface area (Å²) in [6.07, 6.45) is 0. The molecule has 1 fully saturated rings. The Morgan fingerprint density at radius 3 is 2.71 bits per heavy atom. The molecule has 1 heterocycles. The Kier molecular flexibility index (Phi) is 6.08. The van der Waals surface area contributed by atoms with E-state index in [-0.39, 0.29) is 30.3 Å². The molecule has 0 aliphatic carbocycles. The lowest BCUT2D eigenvalue weighted by Gasteiger charge is -2.17. The normalized spacial score (nSPS) is 27.9. The number of nitrogens with two attached hydrogens (primary N) is 1. The van der Waals surface area contributed by atoms with Gasteiger partial charge in [-0.05, 0) is 19.4 Å². The number of hydrogen-bond acceptors (Lipinski definition) is 3. The van der Waals surface area contributed by atoms with Crippen LogP contribution >= 0.6 is 12.4 Å². The van der Waals surface area contributed by atoms with Gasteiger partial charge in [0, 0.05) is 19.1 Å². The van der Waals surface area contributed by atoms with Crippen LogP contribution in [-0.4, -0.2) is 31.6 Å². The molecular weight excluding hydrogens is 202 g/mol. The fraction of sp³-hybridized carbons (Fsp3) is 0.889. The van der Waals surface area contributed by atoms with E-state index in [1.54, 1.807) is 0 Å². The summed E-state index contributed by atoms with van der Waals surface area (Å²) >= 11 is 0. The Hall–Kier alpha value is -0.320. The van der Waals surface area contributed by atoms with Gasteiger partial charge in [-0.25, -0.2) is 0 Å². The predicted octanol–water partition coefficient (Wildman–Crippen LogP) is -0.273. The zero-order valence-electron chi connectivity index (χ0n) is 8.75. The first-order valence-corrected chi connectivity index (χ1v) is 4.86. The van der Waals surface area contributed by atoms with Gasteiger partial charge in [-0.3, -0.25) is 4.79 Å². The molecule has 4 N–H and O–H groups in total. The maximum atomic E-state index is 11.6. The topological polar surface area (TPSA) is 67.2 Å². The van der Waals surface area contributed by atoms with E-state index < -0.39 is 0 Å². The van der Waals surface area contributed by atoms with E-state index in [0.717, 1.165) is 13.1 Å². The Bertz CT molecular complexity index is 189. The summed E-state index contributed by atoms with van der Waals surface area (Å²) in [6, 6.07) is 0.0836. The highest BCUT2D eigenvalue weighted by molar-refractivity contribution is 5.85. The highest BCUT2D eigenvalue weighted by atomic mass is 35.5. The molecule has 1 aliphatic heterocycles. The highest BCUT2D eigenvalue weighted by Crippen LogP contribution is 2.15. The highest BCUT2D eigenvalue weighted by Gasteiger charge is 2.29. The van der Waals surface area contributed by atoms with Crippen LogP contribution in [0.15, 0.2) is 0 Å². The van der Waals surface area contributed by atoms with E-state index in [0.29, 0.717) is 12.5 Å². The summed E-state index contributed by atoms with van der Waals surface area (Å²) < 4.78 is 0. The monoisotopic (exact) mass is 221 g/mol. The molecule has 14 heavy (non-hydrogen) atoms. The second-order valence-corrected chi connectivity index (χ2v) is 3.89. The van der Waals surface area contributed by atoms with Crippen molar-refractivity contribution in [2.24, 2.45) is 17.6 Å². The van der Waals surface area contributed by atoms with Crippen molar-refractivity contribution in [3.63, 3.8) is 0 Å². The Labute approximate surface area is 91.4 Å². The van der Waals surface area contributed by atoms with Crippen molar-refractivity contribution in [3.8, 4) is 0 Å². The van der Waals surface area contributed by atoms with Crippen LogP contribution in [0.5, 0.6) is 0 Å². The van der Waals surface area contributed by atoms with Gasteiger partial charge in [0.25, 0.3) is 0 Å². The summed E-state index contributed by atoms with van der Waals surface area (Å²) in [5.41, 5.74) is 5.42. The molecule has 3 atom stereocenters. The van der Waals surface area contributed by atoms with E-state index >= 15 is 0 Å². The van der Waals surface area contributed by atoms with Crippen molar-refractivity contribution in [2.75, 3.05) is 19.6 Å². The van der Waals surface area contributed by atoms with Crippen LogP contribution in [0.3, 0.4) is 0 Å². The predicted molar refractivity (Wildman–Crippen MR) is 59.4 cm³/mol. The number of carbonyl (C=O) groups excluding carboxylic acids is 1. The first-order chi connectivity index (χ1) is 6.15. The van der Waals surface area contributed by atoms with Gasteiger partial charge in [-0.2, -0.15) is 0 Å². The minimum atomic E-state index is 0. The number of hydrogen-bond donors (Lipinski definition) is 3. The van der Waals surface area contributed by atoms with Crippen LogP contribution in [0, 0.1) is 11.8 Å². The van der Waals surface area contributed by atoms with Crippen LogP contribution in [0.25, 0.3) is 0 Å². The summed E-state index contributed by atoms with van der Waals surface area (Å²) in [6.45, 7) is 6.25. The molecular formula is C9H20ClN3O. The maximum Gasteiger partial charge on any atom is 0.224 e. The van der Waals surface area contributed by atoms with Crippen molar-refractivity contribution >= 4 is 18.3 Å². The number of halogens is 1. The fourth-order valence-corrected chi connectivity index (χ4v) is 1.57. The minimum Gasteiger partial charge on any atom is -0.352 e. The summed E-state index contributed by atoms with van der Waals surface area (Å²) in [5.74, 6) is 0.689. The van der Waals surface area contributed by atoms with Crippen molar-refractivity contribution in [1.29, 1.82) is 0 Å². The molecule has 0 radical (unpaired) electrons.